The van der Waals surface area contributed by atoms with Crippen LogP contribution in [0.4, 0.5) is 10.1 Å². The summed E-state index contributed by atoms with van der Waals surface area (Å²) in [6.45, 7) is -0.910. The molecule has 0 saturated carbocycles. The molecule has 0 unspecified atom stereocenters. The number of amides is 2. The summed E-state index contributed by atoms with van der Waals surface area (Å²) in [7, 11) is 2.78. The predicted molar refractivity (Wildman–Crippen MR) is 110 cm³/mol. The molecule has 0 saturated heterocycles. The Morgan fingerprint density at radius 1 is 1.10 bits per heavy atom. The number of benzene rings is 2. The average molecular weight is 426 g/mol. The van der Waals surface area contributed by atoms with E-state index >= 15 is 0 Å². The van der Waals surface area contributed by atoms with Crippen LogP contribution in [0.3, 0.4) is 0 Å². The largest absolute Gasteiger partial charge is 0.451 e. The number of nitrogens with one attached hydrogen (secondary N) is 1. The van der Waals surface area contributed by atoms with Gasteiger partial charge >= 0.3 is 5.97 Å². The first-order valence-corrected chi connectivity index (χ1v) is 9.19. The summed E-state index contributed by atoms with van der Waals surface area (Å²) in [6, 6.07) is 11.6. The van der Waals surface area contributed by atoms with E-state index < -0.39 is 30.2 Å². The van der Waals surface area contributed by atoms with Crippen molar-refractivity contribution in [3.63, 3.8) is 0 Å². The maximum Gasteiger partial charge on any atom is 0.359 e. The van der Waals surface area contributed by atoms with Crippen molar-refractivity contribution in [2.45, 2.75) is 0 Å². The molecule has 3 rings (SSSR count). The third-order valence-electron chi connectivity index (χ3n) is 4.41. The van der Waals surface area contributed by atoms with Gasteiger partial charge in [-0.2, -0.15) is 5.10 Å². The molecule has 0 radical (unpaired) electrons. The fourth-order valence-electron chi connectivity index (χ4n) is 2.79. The van der Waals surface area contributed by atoms with Crippen molar-refractivity contribution in [2.75, 3.05) is 25.5 Å². The van der Waals surface area contributed by atoms with Gasteiger partial charge in [-0.1, -0.05) is 18.2 Å². The van der Waals surface area contributed by atoms with Crippen molar-refractivity contribution in [3.05, 3.63) is 70.4 Å². The van der Waals surface area contributed by atoms with Crippen LogP contribution in [-0.2, 0) is 21.4 Å². The summed E-state index contributed by atoms with van der Waals surface area (Å²) in [5, 5.41) is 7.08. The first-order valence-electron chi connectivity index (χ1n) is 9.19. The van der Waals surface area contributed by atoms with Gasteiger partial charge in [-0.05, 0) is 30.3 Å². The molecule has 10 heteroatoms. The quantitative estimate of drug-likeness (QED) is 0.596. The molecule has 1 N–H and O–H groups in total. The van der Waals surface area contributed by atoms with Crippen LogP contribution in [0.15, 0.2) is 53.3 Å². The fourth-order valence-corrected chi connectivity index (χ4v) is 2.79. The molecule has 2 amide bonds. The van der Waals surface area contributed by atoms with E-state index in [1.54, 1.807) is 24.3 Å². The minimum Gasteiger partial charge on any atom is -0.451 e. The molecule has 0 bridgehead atoms. The van der Waals surface area contributed by atoms with E-state index in [9.17, 15) is 23.6 Å². The van der Waals surface area contributed by atoms with E-state index in [1.165, 1.54) is 38.4 Å². The van der Waals surface area contributed by atoms with Crippen LogP contribution >= 0.6 is 0 Å². The Morgan fingerprint density at radius 2 is 1.74 bits per heavy atom. The first-order chi connectivity index (χ1) is 14.8. The molecule has 31 heavy (non-hydrogen) atoms. The zero-order valence-corrected chi connectivity index (χ0v) is 16.8. The number of carbonyl (C=O) groups excluding carboxylic acids is 3. The maximum absolute atomic E-state index is 12.9. The molecule has 0 atom stereocenters. The number of halogens is 1. The number of fused-ring (bicyclic) bond motifs is 1. The van der Waals surface area contributed by atoms with Crippen LogP contribution in [-0.4, -0.2) is 52.7 Å². The molecule has 160 valence electrons. The number of nitrogens with zero attached hydrogens (tertiary/aromatic N) is 3. The lowest BCUT2D eigenvalue weighted by atomic mass is 10.1. The van der Waals surface area contributed by atoms with Gasteiger partial charge in [0, 0.05) is 25.2 Å². The van der Waals surface area contributed by atoms with E-state index in [0.29, 0.717) is 16.5 Å². The Hall–Kier alpha value is -4.08. The zero-order valence-electron chi connectivity index (χ0n) is 16.8. The molecule has 0 aliphatic rings. The van der Waals surface area contributed by atoms with Gasteiger partial charge in [0.05, 0.1) is 11.9 Å². The first kappa shape index (κ1) is 21.6. The lowest BCUT2D eigenvalue weighted by Gasteiger charge is -2.17. The number of hydrogen-bond acceptors (Lipinski definition) is 6. The number of aryl methyl sites for hydroxylation is 1. The predicted octanol–water partition coefficient (Wildman–Crippen LogP) is 1.33. The fraction of sp³-hybridized carbons (Fsp3) is 0.190. The van der Waals surface area contributed by atoms with Gasteiger partial charge < -0.3 is 15.0 Å². The molecule has 0 aliphatic carbocycles. The van der Waals surface area contributed by atoms with Crippen LogP contribution in [0.2, 0.25) is 0 Å². The van der Waals surface area contributed by atoms with Gasteiger partial charge in [-0.3, -0.25) is 14.4 Å². The second kappa shape index (κ2) is 9.16. The second-order valence-corrected chi connectivity index (χ2v) is 6.70. The zero-order chi connectivity index (χ0) is 22.5. The van der Waals surface area contributed by atoms with Gasteiger partial charge in [0.15, 0.2) is 12.3 Å². The number of aromatic nitrogens is 2. The standard InChI is InChI=1S/C21H19FN4O5/c1-25(11-17(27)23-14-9-7-13(22)8-10-14)18(28)12-31-21(30)19-15-5-3-4-6-16(15)20(29)26(2)24-19/h3-10H,11-12H2,1-2H3,(H,23,27). The van der Waals surface area contributed by atoms with Crippen molar-refractivity contribution in [3.8, 4) is 0 Å². The summed E-state index contributed by atoms with van der Waals surface area (Å²) in [5.41, 5.74) is -0.0800. The number of carbonyl (C=O) groups is 3. The smallest absolute Gasteiger partial charge is 0.359 e. The van der Waals surface area contributed by atoms with Crippen LogP contribution in [0.1, 0.15) is 10.5 Å². The number of hydrogen-bond donors (Lipinski definition) is 1. The molecule has 2 aromatic carbocycles. The number of likely N-dealkylation sites (N-methyl/N-ethyl adjacent to an activating group) is 1. The van der Waals surface area contributed by atoms with Crippen molar-refractivity contribution in [2.24, 2.45) is 7.05 Å². The van der Waals surface area contributed by atoms with Gasteiger partial charge in [-0.15, -0.1) is 0 Å². The average Bonchev–Trinajstić information content (AvgIpc) is 2.75. The van der Waals surface area contributed by atoms with Crippen molar-refractivity contribution in [1.29, 1.82) is 0 Å². The summed E-state index contributed by atoms with van der Waals surface area (Å²) in [5.74, 6) is -2.42. The minimum atomic E-state index is -0.871. The normalized spacial score (nSPS) is 10.5. The summed E-state index contributed by atoms with van der Waals surface area (Å²) in [6.07, 6.45) is 0. The lowest BCUT2D eigenvalue weighted by molar-refractivity contribution is -0.136. The third-order valence-corrected chi connectivity index (χ3v) is 4.41. The Balaban J connectivity index is 1.60. The third kappa shape index (κ3) is 5.10. The molecule has 0 fully saturated rings. The minimum absolute atomic E-state index is 0.0952. The molecular formula is C21H19FN4O5. The van der Waals surface area contributed by atoms with Gasteiger partial charge in [0.2, 0.25) is 5.91 Å². The van der Waals surface area contributed by atoms with E-state index in [-0.39, 0.29) is 17.8 Å². The number of ether oxygens (including phenoxy) is 1. The lowest BCUT2D eigenvalue weighted by Crippen LogP contribution is -2.37. The molecule has 0 spiro atoms. The number of anilines is 1. The number of rotatable bonds is 6. The highest BCUT2D eigenvalue weighted by Gasteiger charge is 2.20. The van der Waals surface area contributed by atoms with Gasteiger partial charge in [0.1, 0.15) is 5.82 Å². The van der Waals surface area contributed by atoms with Gasteiger partial charge in [0.25, 0.3) is 11.5 Å². The van der Waals surface area contributed by atoms with Crippen molar-refractivity contribution >= 4 is 34.2 Å². The molecule has 3 aromatic rings. The topological polar surface area (TPSA) is 111 Å². The van der Waals surface area contributed by atoms with Gasteiger partial charge in [-0.25, -0.2) is 13.9 Å². The van der Waals surface area contributed by atoms with Crippen LogP contribution < -0.4 is 10.9 Å². The molecule has 0 aliphatic heterocycles. The van der Waals surface area contributed by atoms with E-state index in [1.807, 2.05) is 0 Å². The molecule has 9 nitrogen and oxygen atoms in total. The molecule has 1 aromatic heterocycles. The Kier molecular flexibility index (Phi) is 6.39. The Morgan fingerprint density at radius 3 is 2.42 bits per heavy atom. The monoisotopic (exact) mass is 426 g/mol. The highest BCUT2D eigenvalue weighted by Crippen LogP contribution is 2.14. The SMILES string of the molecule is CN(CC(=O)Nc1ccc(F)cc1)C(=O)COC(=O)c1nn(C)c(=O)c2ccccc12. The highest BCUT2D eigenvalue weighted by atomic mass is 19.1. The van der Waals surface area contributed by atoms with Crippen molar-refractivity contribution in [1.82, 2.24) is 14.7 Å². The van der Waals surface area contributed by atoms with Crippen molar-refractivity contribution < 1.29 is 23.5 Å². The number of esters is 1. The summed E-state index contributed by atoms with van der Waals surface area (Å²) in [4.78, 5) is 50.0. The van der Waals surface area contributed by atoms with Crippen LogP contribution in [0.25, 0.3) is 10.8 Å². The van der Waals surface area contributed by atoms with E-state index in [4.69, 9.17) is 4.74 Å². The molecule has 1 heterocycles. The Bertz CT molecular complexity index is 1210. The Labute approximate surface area is 176 Å². The second-order valence-electron chi connectivity index (χ2n) is 6.70. The highest BCUT2D eigenvalue weighted by molar-refractivity contribution is 6.02. The van der Waals surface area contributed by atoms with Crippen LogP contribution in [0.5, 0.6) is 0 Å². The molecular weight excluding hydrogens is 407 g/mol. The van der Waals surface area contributed by atoms with E-state index in [0.717, 1.165) is 9.58 Å². The van der Waals surface area contributed by atoms with E-state index in [2.05, 4.69) is 10.4 Å². The summed E-state index contributed by atoms with van der Waals surface area (Å²) >= 11 is 0. The maximum atomic E-state index is 12.9. The van der Waals surface area contributed by atoms with Crippen LogP contribution in [0, 0.1) is 5.82 Å². The summed E-state index contributed by atoms with van der Waals surface area (Å²) < 4.78 is 19.0.